The van der Waals surface area contributed by atoms with E-state index >= 15 is 0 Å². The first-order chi connectivity index (χ1) is 11.5. The van der Waals surface area contributed by atoms with Crippen molar-refractivity contribution in [1.82, 2.24) is 8.94 Å². The average Bonchev–Trinajstić information content (AvgIpc) is 2.97. The number of fused-ring (bicyclic) bond motifs is 1. The van der Waals surface area contributed by atoms with Crippen molar-refractivity contribution in [3.05, 3.63) is 62.6 Å². The number of aromatic nitrogens is 2. The Bertz CT molecular complexity index is 1010. The number of hydrogen-bond acceptors (Lipinski definition) is 6. The summed E-state index contributed by atoms with van der Waals surface area (Å²) < 4.78 is 6.52. The van der Waals surface area contributed by atoms with Crippen LogP contribution in [0.15, 0.2) is 41.5 Å². The molecular formula is C15H12N4O4S. The van der Waals surface area contributed by atoms with Gasteiger partial charge in [-0.15, -0.1) is 0 Å². The molecule has 24 heavy (non-hydrogen) atoms. The SMILES string of the molecule is CCn1ccc(=O)c(C(=O)Nc2nsc3ccc([N+](=O)[O-])cc23)c1. The van der Waals surface area contributed by atoms with Crippen LogP contribution in [0.5, 0.6) is 0 Å². The molecule has 0 unspecified atom stereocenters. The van der Waals surface area contributed by atoms with E-state index in [1.165, 1.54) is 24.4 Å². The number of nitrogens with one attached hydrogen (secondary N) is 1. The molecule has 3 rings (SSSR count). The van der Waals surface area contributed by atoms with E-state index < -0.39 is 16.3 Å². The van der Waals surface area contributed by atoms with Gasteiger partial charge in [0.25, 0.3) is 11.6 Å². The molecule has 2 heterocycles. The molecule has 1 amide bonds. The van der Waals surface area contributed by atoms with E-state index in [4.69, 9.17) is 0 Å². The minimum absolute atomic E-state index is 0.00840. The van der Waals surface area contributed by atoms with Crippen LogP contribution in [0, 0.1) is 10.1 Å². The standard InChI is InChI=1S/C15H12N4O4S/c1-2-18-6-5-12(20)11(8-18)15(21)16-14-10-7-9(19(22)23)3-4-13(10)24-17-14/h3-8H,2H2,1H3,(H,16,17,21). The minimum atomic E-state index is -0.596. The number of non-ortho nitro benzene ring substituents is 1. The predicted octanol–water partition coefficient (Wildman–Crippen LogP) is 2.64. The summed E-state index contributed by atoms with van der Waals surface area (Å²) in [6.45, 7) is 2.51. The highest BCUT2D eigenvalue weighted by molar-refractivity contribution is 7.13. The highest BCUT2D eigenvalue weighted by Crippen LogP contribution is 2.30. The third kappa shape index (κ3) is 2.88. The zero-order valence-corrected chi connectivity index (χ0v) is 13.4. The predicted molar refractivity (Wildman–Crippen MR) is 90.6 cm³/mol. The third-order valence-corrected chi connectivity index (χ3v) is 4.31. The van der Waals surface area contributed by atoms with Gasteiger partial charge >= 0.3 is 0 Å². The molecule has 0 aliphatic heterocycles. The van der Waals surface area contributed by atoms with Crippen molar-refractivity contribution in [3.8, 4) is 0 Å². The van der Waals surface area contributed by atoms with Crippen molar-refractivity contribution in [3.63, 3.8) is 0 Å². The van der Waals surface area contributed by atoms with E-state index in [1.807, 2.05) is 6.92 Å². The lowest BCUT2D eigenvalue weighted by molar-refractivity contribution is -0.384. The van der Waals surface area contributed by atoms with Gasteiger partial charge in [-0.3, -0.25) is 19.7 Å². The number of aryl methyl sites for hydroxylation is 1. The number of nitrogens with zero attached hydrogens (tertiary/aromatic N) is 3. The topological polar surface area (TPSA) is 107 Å². The molecular weight excluding hydrogens is 332 g/mol. The molecule has 0 fully saturated rings. The van der Waals surface area contributed by atoms with Crippen molar-refractivity contribution in [2.24, 2.45) is 0 Å². The number of nitro groups is 1. The van der Waals surface area contributed by atoms with E-state index in [0.717, 1.165) is 11.5 Å². The Hall–Kier alpha value is -3.07. The molecule has 122 valence electrons. The number of carbonyl (C=O) groups is 1. The first-order valence-corrected chi connectivity index (χ1v) is 7.82. The lowest BCUT2D eigenvalue weighted by atomic mass is 10.2. The zero-order valence-electron chi connectivity index (χ0n) is 12.6. The minimum Gasteiger partial charge on any atom is -0.353 e. The summed E-state index contributed by atoms with van der Waals surface area (Å²) in [6.07, 6.45) is 3.06. The summed E-state index contributed by atoms with van der Waals surface area (Å²) in [7, 11) is 0. The number of amides is 1. The van der Waals surface area contributed by atoms with Crippen LogP contribution in [0.3, 0.4) is 0 Å². The molecule has 0 spiro atoms. The van der Waals surface area contributed by atoms with Crippen LogP contribution < -0.4 is 10.7 Å². The molecule has 0 aliphatic carbocycles. The molecule has 1 N–H and O–H groups in total. The van der Waals surface area contributed by atoms with Gasteiger partial charge in [0.2, 0.25) is 0 Å². The molecule has 0 aliphatic rings. The van der Waals surface area contributed by atoms with Gasteiger partial charge in [0, 0.05) is 42.5 Å². The number of rotatable bonds is 4. The maximum Gasteiger partial charge on any atom is 0.270 e. The summed E-state index contributed by atoms with van der Waals surface area (Å²) in [4.78, 5) is 34.6. The summed E-state index contributed by atoms with van der Waals surface area (Å²) >= 11 is 1.11. The molecule has 2 aromatic heterocycles. The van der Waals surface area contributed by atoms with Crippen LogP contribution in [0.2, 0.25) is 0 Å². The molecule has 0 radical (unpaired) electrons. The summed E-state index contributed by atoms with van der Waals surface area (Å²) in [5, 5.41) is 13.9. The first kappa shape index (κ1) is 15.8. The largest absolute Gasteiger partial charge is 0.353 e. The Labute approximate surface area is 139 Å². The molecule has 0 saturated heterocycles. The number of carbonyl (C=O) groups excluding carboxylic acids is 1. The second-order valence-electron chi connectivity index (χ2n) is 4.98. The summed E-state index contributed by atoms with van der Waals surface area (Å²) in [5.74, 6) is -0.392. The monoisotopic (exact) mass is 344 g/mol. The average molecular weight is 344 g/mol. The van der Waals surface area contributed by atoms with Gasteiger partial charge in [-0.25, -0.2) is 0 Å². The van der Waals surface area contributed by atoms with E-state index in [-0.39, 0.29) is 17.1 Å². The Morgan fingerprint density at radius 1 is 1.42 bits per heavy atom. The molecule has 0 bridgehead atoms. The van der Waals surface area contributed by atoms with Crippen molar-refractivity contribution < 1.29 is 9.72 Å². The van der Waals surface area contributed by atoms with Gasteiger partial charge in [-0.2, -0.15) is 4.37 Å². The van der Waals surface area contributed by atoms with Gasteiger partial charge in [-0.1, -0.05) is 0 Å². The highest BCUT2D eigenvalue weighted by Gasteiger charge is 2.16. The summed E-state index contributed by atoms with van der Waals surface area (Å²) in [5.41, 5.74) is -0.500. The fourth-order valence-corrected chi connectivity index (χ4v) is 2.91. The Morgan fingerprint density at radius 3 is 2.92 bits per heavy atom. The lowest BCUT2D eigenvalue weighted by Gasteiger charge is -2.06. The Balaban J connectivity index is 1.98. The van der Waals surface area contributed by atoms with Crippen molar-refractivity contribution in [1.29, 1.82) is 0 Å². The maximum atomic E-state index is 12.4. The van der Waals surface area contributed by atoms with E-state index in [0.29, 0.717) is 16.6 Å². The number of anilines is 1. The zero-order chi connectivity index (χ0) is 17.3. The third-order valence-electron chi connectivity index (χ3n) is 3.48. The molecule has 1 aromatic carbocycles. The number of hydrogen-bond donors (Lipinski definition) is 1. The summed E-state index contributed by atoms with van der Waals surface area (Å²) in [6, 6.07) is 5.63. The van der Waals surface area contributed by atoms with Crippen LogP contribution >= 0.6 is 11.5 Å². The van der Waals surface area contributed by atoms with Gasteiger partial charge in [-0.05, 0) is 24.5 Å². The number of pyridine rings is 1. The van der Waals surface area contributed by atoms with Crippen LogP contribution in [0.4, 0.5) is 11.5 Å². The van der Waals surface area contributed by atoms with Gasteiger partial charge < -0.3 is 9.88 Å². The highest BCUT2D eigenvalue weighted by atomic mass is 32.1. The smallest absolute Gasteiger partial charge is 0.270 e. The molecule has 3 aromatic rings. The van der Waals surface area contributed by atoms with E-state index in [9.17, 15) is 19.7 Å². The molecule has 8 nitrogen and oxygen atoms in total. The number of benzene rings is 1. The van der Waals surface area contributed by atoms with E-state index in [2.05, 4.69) is 9.69 Å². The fourth-order valence-electron chi connectivity index (χ4n) is 2.20. The van der Waals surface area contributed by atoms with Gasteiger partial charge in [0.15, 0.2) is 11.2 Å². The number of nitro benzene ring substituents is 1. The van der Waals surface area contributed by atoms with Crippen molar-refractivity contribution in [2.45, 2.75) is 13.5 Å². The second kappa shape index (κ2) is 6.20. The normalized spacial score (nSPS) is 10.7. The van der Waals surface area contributed by atoms with E-state index in [1.54, 1.807) is 16.8 Å². The van der Waals surface area contributed by atoms with Crippen LogP contribution in [-0.4, -0.2) is 19.8 Å². The molecule has 0 atom stereocenters. The molecule has 9 heteroatoms. The lowest BCUT2D eigenvalue weighted by Crippen LogP contribution is -2.22. The van der Waals surface area contributed by atoms with Gasteiger partial charge in [0.05, 0.1) is 9.62 Å². The quantitative estimate of drug-likeness (QED) is 0.578. The maximum absolute atomic E-state index is 12.4. The van der Waals surface area contributed by atoms with Crippen LogP contribution in [0.25, 0.3) is 10.1 Å². The fraction of sp³-hybridized carbons (Fsp3) is 0.133. The second-order valence-corrected chi connectivity index (χ2v) is 5.78. The molecule has 0 saturated carbocycles. The first-order valence-electron chi connectivity index (χ1n) is 7.05. The van der Waals surface area contributed by atoms with Crippen molar-refractivity contribution >= 4 is 39.0 Å². The van der Waals surface area contributed by atoms with Crippen LogP contribution in [-0.2, 0) is 6.54 Å². The Kier molecular flexibility index (Phi) is 4.09. The van der Waals surface area contributed by atoms with Crippen molar-refractivity contribution in [2.75, 3.05) is 5.32 Å². The van der Waals surface area contributed by atoms with Gasteiger partial charge in [0.1, 0.15) is 5.56 Å². The Morgan fingerprint density at radius 2 is 2.21 bits per heavy atom. The van der Waals surface area contributed by atoms with Crippen LogP contribution in [0.1, 0.15) is 17.3 Å².